The Kier molecular flexibility index (Phi) is 6.09. The largest absolute Gasteiger partial charge is 0.313 e. The van der Waals surface area contributed by atoms with Crippen LogP contribution >= 0.6 is 0 Å². The van der Waals surface area contributed by atoms with Crippen molar-refractivity contribution in [2.24, 2.45) is 11.8 Å². The molecule has 1 nitrogen and oxygen atoms in total. The molecule has 0 saturated carbocycles. The lowest BCUT2D eigenvalue weighted by atomic mass is 9.90. The van der Waals surface area contributed by atoms with E-state index in [0.717, 1.165) is 12.8 Å². The number of hydrogen-bond donors (Lipinski definition) is 1. The van der Waals surface area contributed by atoms with E-state index in [4.69, 9.17) is 5.41 Å². The molecular weight excluding hydrogens is 141 g/mol. The topological polar surface area (TPSA) is 23.9 Å². The van der Waals surface area contributed by atoms with Crippen molar-refractivity contribution in [1.82, 2.24) is 0 Å². The lowest BCUT2D eigenvalue weighted by molar-refractivity contribution is 0.310. The molecule has 2 atom stereocenters. The predicted molar refractivity (Wildman–Crippen MR) is 46.9 cm³/mol. The molecule has 1 N–H and O–H groups in total. The summed E-state index contributed by atoms with van der Waals surface area (Å²) in [6.07, 6.45) is 3.94. The highest BCUT2D eigenvalue weighted by Crippen LogP contribution is 2.19. The molecule has 11 heavy (non-hydrogen) atoms. The second-order valence-corrected chi connectivity index (χ2v) is 3.21. The summed E-state index contributed by atoms with van der Waals surface area (Å²) in [5, 5.41) is 6.84. The van der Waals surface area contributed by atoms with Gasteiger partial charge >= 0.3 is 0 Å². The van der Waals surface area contributed by atoms with Crippen molar-refractivity contribution >= 4 is 6.21 Å². The van der Waals surface area contributed by atoms with E-state index in [9.17, 15) is 4.39 Å². The number of hydrogen-bond acceptors (Lipinski definition) is 1. The Balaban J connectivity index is 3.45. The SMILES string of the molecule is CC(CCF)C(C)CCC=N. The normalized spacial score (nSPS) is 15.9. The maximum absolute atomic E-state index is 11.9. The van der Waals surface area contributed by atoms with Crippen LogP contribution < -0.4 is 0 Å². The highest BCUT2D eigenvalue weighted by Gasteiger charge is 2.10. The van der Waals surface area contributed by atoms with Gasteiger partial charge in [0.15, 0.2) is 0 Å². The minimum atomic E-state index is -0.212. The van der Waals surface area contributed by atoms with Gasteiger partial charge in [0.2, 0.25) is 0 Å². The van der Waals surface area contributed by atoms with Gasteiger partial charge in [0.1, 0.15) is 0 Å². The lowest BCUT2D eigenvalue weighted by Crippen LogP contribution is -2.08. The van der Waals surface area contributed by atoms with Crippen molar-refractivity contribution in [3.8, 4) is 0 Å². The van der Waals surface area contributed by atoms with Gasteiger partial charge in [-0.1, -0.05) is 13.8 Å². The molecule has 0 aromatic rings. The smallest absolute Gasteiger partial charge is 0.0897 e. The van der Waals surface area contributed by atoms with Crippen LogP contribution in [0.15, 0.2) is 0 Å². The van der Waals surface area contributed by atoms with Gasteiger partial charge in [-0.25, -0.2) is 0 Å². The molecule has 2 unspecified atom stereocenters. The third-order valence-corrected chi connectivity index (χ3v) is 2.30. The van der Waals surface area contributed by atoms with Crippen LogP contribution in [0.4, 0.5) is 4.39 Å². The van der Waals surface area contributed by atoms with Crippen LogP contribution in [-0.2, 0) is 0 Å². The van der Waals surface area contributed by atoms with E-state index in [0.29, 0.717) is 18.3 Å². The summed E-state index contributed by atoms with van der Waals surface area (Å²) in [5.74, 6) is 1.01. The molecule has 0 bridgehead atoms. The van der Waals surface area contributed by atoms with Gasteiger partial charge in [0.25, 0.3) is 0 Å². The van der Waals surface area contributed by atoms with Crippen molar-refractivity contribution in [1.29, 1.82) is 5.41 Å². The zero-order valence-electron chi connectivity index (χ0n) is 7.44. The molecule has 0 aliphatic heterocycles. The molecule has 0 amide bonds. The molecule has 0 radical (unpaired) electrons. The van der Waals surface area contributed by atoms with E-state index < -0.39 is 0 Å². The zero-order chi connectivity index (χ0) is 8.69. The summed E-state index contributed by atoms with van der Waals surface area (Å²) < 4.78 is 11.9. The van der Waals surface area contributed by atoms with E-state index >= 15 is 0 Å². The lowest BCUT2D eigenvalue weighted by Gasteiger charge is -2.17. The molecule has 0 spiro atoms. The third kappa shape index (κ3) is 4.93. The van der Waals surface area contributed by atoms with Gasteiger partial charge in [-0.15, -0.1) is 0 Å². The van der Waals surface area contributed by atoms with Crippen molar-refractivity contribution in [2.45, 2.75) is 33.1 Å². The highest BCUT2D eigenvalue weighted by molar-refractivity contribution is 5.52. The molecule has 0 aliphatic rings. The Labute approximate surface area is 68.5 Å². The maximum Gasteiger partial charge on any atom is 0.0897 e. The van der Waals surface area contributed by atoms with Gasteiger partial charge in [0.05, 0.1) is 6.67 Å². The van der Waals surface area contributed by atoms with E-state index in [2.05, 4.69) is 13.8 Å². The molecule has 0 fully saturated rings. The van der Waals surface area contributed by atoms with E-state index in [1.54, 1.807) is 0 Å². The first-order valence-electron chi connectivity index (χ1n) is 4.27. The quantitative estimate of drug-likeness (QED) is 0.576. The van der Waals surface area contributed by atoms with Crippen molar-refractivity contribution in [2.75, 3.05) is 6.67 Å². The molecule has 0 heterocycles. The molecule has 0 aromatic carbocycles. The van der Waals surface area contributed by atoms with Crippen LogP contribution in [0.3, 0.4) is 0 Å². The molecular formula is C9H18FN. The number of halogens is 1. The highest BCUT2D eigenvalue weighted by atomic mass is 19.1. The molecule has 0 saturated heterocycles. The molecule has 0 rings (SSSR count). The second-order valence-electron chi connectivity index (χ2n) is 3.21. The minimum Gasteiger partial charge on any atom is -0.313 e. The number of alkyl halides is 1. The van der Waals surface area contributed by atoms with E-state index in [1.807, 2.05) is 0 Å². The number of rotatable bonds is 6. The maximum atomic E-state index is 11.9. The Bertz CT molecular complexity index is 104. The van der Waals surface area contributed by atoms with Gasteiger partial charge in [-0.2, -0.15) is 0 Å². The van der Waals surface area contributed by atoms with Crippen LogP contribution in [0.1, 0.15) is 33.1 Å². The standard InChI is InChI=1S/C9H18FN/c1-8(4-3-7-11)9(2)5-6-10/h7-9,11H,3-6H2,1-2H3. The van der Waals surface area contributed by atoms with Crippen LogP contribution in [0.25, 0.3) is 0 Å². The van der Waals surface area contributed by atoms with Crippen LogP contribution in [0.2, 0.25) is 0 Å². The summed E-state index contributed by atoms with van der Waals surface area (Å²) >= 11 is 0. The van der Waals surface area contributed by atoms with Crippen LogP contribution in [-0.4, -0.2) is 12.9 Å². The van der Waals surface area contributed by atoms with Crippen LogP contribution in [0, 0.1) is 17.2 Å². The van der Waals surface area contributed by atoms with Crippen molar-refractivity contribution < 1.29 is 4.39 Å². The average molecular weight is 159 g/mol. The summed E-state index contributed by atoms with van der Waals surface area (Å²) in [6, 6.07) is 0. The monoisotopic (exact) mass is 159 g/mol. The first kappa shape index (κ1) is 10.6. The minimum absolute atomic E-state index is 0.212. The first-order chi connectivity index (χ1) is 5.22. The summed E-state index contributed by atoms with van der Waals surface area (Å²) in [5.41, 5.74) is 0. The van der Waals surface area contributed by atoms with Crippen molar-refractivity contribution in [3.63, 3.8) is 0 Å². The van der Waals surface area contributed by atoms with E-state index in [1.165, 1.54) is 6.21 Å². The third-order valence-electron chi connectivity index (χ3n) is 2.30. The van der Waals surface area contributed by atoms with Gasteiger partial charge in [-0.05, 0) is 37.3 Å². The Morgan fingerprint density at radius 2 is 1.82 bits per heavy atom. The molecule has 0 aromatic heterocycles. The zero-order valence-corrected chi connectivity index (χ0v) is 7.44. The Hall–Kier alpha value is -0.400. The fourth-order valence-electron chi connectivity index (χ4n) is 1.09. The van der Waals surface area contributed by atoms with Crippen LogP contribution in [0.5, 0.6) is 0 Å². The fourth-order valence-corrected chi connectivity index (χ4v) is 1.09. The summed E-state index contributed by atoms with van der Waals surface area (Å²) in [7, 11) is 0. The Morgan fingerprint density at radius 1 is 1.27 bits per heavy atom. The molecule has 2 heteroatoms. The van der Waals surface area contributed by atoms with Gasteiger partial charge in [-0.3, -0.25) is 4.39 Å². The molecule has 66 valence electrons. The van der Waals surface area contributed by atoms with Crippen molar-refractivity contribution in [3.05, 3.63) is 0 Å². The van der Waals surface area contributed by atoms with Gasteiger partial charge in [0, 0.05) is 0 Å². The van der Waals surface area contributed by atoms with Gasteiger partial charge < -0.3 is 5.41 Å². The average Bonchev–Trinajstić information content (AvgIpc) is 2.00. The Morgan fingerprint density at radius 3 is 2.27 bits per heavy atom. The predicted octanol–water partition coefficient (Wildman–Crippen LogP) is 3.05. The number of nitrogens with one attached hydrogen (secondary N) is 1. The molecule has 0 aliphatic carbocycles. The summed E-state index contributed by atoms with van der Waals surface area (Å²) in [6.45, 7) is 3.99. The van der Waals surface area contributed by atoms with E-state index in [-0.39, 0.29) is 6.67 Å². The second kappa shape index (κ2) is 6.32. The first-order valence-corrected chi connectivity index (χ1v) is 4.27. The fraction of sp³-hybridized carbons (Fsp3) is 0.889. The summed E-state index contributed by atoms with van der Waals surface area (Å²) in [4.78, 5) is 0.